The predicted octanol–water partition coefficient (Wildman–Crippen LogP) is 2.58. The first-order valence-electron chi connectivity index (χ1n) is 2.90. The zero-order valence-corrected chi connectivity index (χ0v) is 8.14. The zero-order chi connectivity index (χ0) is 9.14. The van der Waals surface area contributed by atoms with Gasteiger partial charge in [-0.15, -0.1) is 0 Å². The Hall–Kier alpha value is -0.0500. The van der Waals surface area contributed by atoms with Crippen molar-refractivity contribution in [2.75, 3.05) is 0 Å². The summed E-state index contributed by atoms with van der Waals surface area (Å²) in [4.78, 5) is 17.0. The molecule has 12 heavy (non-hydrogen) atoms. The minimum Gasteiger partial charge on any atom is -0.425 e. The summed E-state index contributed by atoms with van der Waals surface area (Å²) in [6.07, 6.45) is 0. The van der Waals surface area contributed by atoms with Gasteiger partial charge in [-0.1, -0.05) is 23.2 Å². The SMILES string of the molecule is OP(O)Oc1ccc(Cl)cc1Cl. The molecular weight excluding hydrogens is 222 g/mol. The lowest BCUT2D eigenvalue weighted by Gasteiger charge is -2.06. The minimum atomic E-state index is -2.43. The van der Waals surface area contributed by atoms with E-state index >= 15 is 0 Å². The number of rotatable bonds is 2. The first kappa shape index (κ1) is 10.0. The molecule has 2 N–H and O–H groups in total. The zero-order valence-electron chi connectivity index (χ0n) is 5.74. The summed E-state index contributed by atoms with van der Waals surface area (Å²) in [6.45, 7) is 0. The molecule has 0 heterocycles. The summed E-state index contributed by atoms with van der Waals surface area (Å²) < 4.78 is 4.59. The van der Waals surface area contributed by atoms with Crippen LogP contribution in [0, 0.1) is 0 Å². The van der Waals surface area contributed by atoms with Crippen molar-refractivity contribution >= 4 is 31.8 Å². The number of hydrogen-bond acceptors (Lipinski definition) is 3. The highest BCUT2D eigenvalue weighted by Crippen LogP contribution is 2.35. The summed E-state index contributed by atoms with van der Waals surface area (Å²) >= 11 is 11.2. The van der Waals surface area contributed by atoms with Crippen molar-refractivity contribution in [2.45, 2.75) is 0 Å². The van der Waals surface area contributed by atoms with Crippen molar-refractivity contribution in [3.05, 3.63) is 28.2 Å². The number of benzene rings is 1. The highest BCUT2D eigenvalue weighted by molar-refractivity contribution is 7.39. The average Bonchev–Trinajstić information content (AvgIpc) is 1.94. The first-order valence-corrected chi connectivity index (χ1v) is 4.82. The molecule has 0 saturated heterocycles. The minimum absolute atomic E-state index is 0.206. The van der Waals surface area contributed by atoms with E-state index in [1.807, 2.05) is 0 Å². The Morgan fingerprint density at radius 1 is 1.25 bits per heavy atom. The molecule has 0 atom stereocenters. The summed E-state index contributed by atoms with van der Waals surface area (Å²) in [7, 11) is -2.43. The molecule has 0 amide bonds. The van der Waals surface area contributed by atoms with Gasteiger partial charge in [0.15, 0.2) is 0 Å². The molecule has 0 aliphatic carbocycles. The molecule has 0 spiro atoms. The van der Waals surface area contributed by atoms with E-state index in [1.54, 1.807) is 6.07 Å². The van der Waals surface area contributed by atoms with E-state index in [4.69, 9.17) is 33.0 Å². The van der Waals surface area contributed by atoms with Crippen LogP contribution in [0.2, 0.25) is 10.0 Å². The molecule has 0 saturated carbocycles. The van der Waals surface area contributed by atoms with Gasteiger partial charge in [0.2, 0.25) is 0 Å². The van der Waals surface area contributed by atoms with Gasteiger partial charge in [-0.3, -0.25) is 0 Å². The topological polar surface area (TPSA) is 49.7 Å². The summed E-state index contributed by atoms with van der Waals surface area (Å²) in [5.74, 6) is 0.206. The molecule has 0 fully saturated rings. The van der Waals surface area contributed by atoms with E-state index in [1.165, 1.54) is 12.1 Å². The van der Waals surface area contributed by atoms with Crippen molar-refractivity contribution < 1.29 is 14.3 Å². The van der Waals surface area contributed by atoms with Gasteiger partial charge in [0.1, 0.15) is 5.75 Å². The number of hydrogen-bond donors (Lipinski definition) is 2. The van der Waals surface area contributed by atoms with Crippen molar-refractivity contribution in [3.8, 4) is 5.75 Å². The normalized spacial score (nSPS) is 10.4. The fourth-order valence-electron chi connectivity index (χ4n) is 0.637. The lowest BCUT2D eigenvalue weighted by molar-refractivity contribution is 0.375. The van der Waals surface area contributed by atoms with Crippen LogP contribution in [0.1, 0.15) is 0 Å². The molecule has 1 rings (SSSR count). The summed E-state index contributed by atoms with van der Waals surface area (Å²) in [6, 6.07) is 4.46. The second kappa shape index (κ2) is 4.26. The maximum absolute atomic E-state index is 8.51. The second-order valence-corrected chi connectivity index (χ2v) is 3.45. The van der Waals surface area contributed by atoms with Crippen LogP contribution < -0.4 is 4.52 Å². The maximum Gasteiger partial charge on any atom is 0.391 e. The largest absolute Gasteiger partial charge is 0.425 e. The Kier molecular flexibility index (Phi) is 3.56. The standard InChI is InChI=1S/C6H5Cl2O3P/c7-4-1-2-6(5(8)3-4)11-12(9)10/h1-3,9-10H. The predicted molar refractivity (Wildman–Crippen MR) is 48.4 cm³/mol. The quantitative estimate of drug-likeness (QED) is 0.763. The van der Waals surface area contributed by atoms with E-state index in [0.29, 0.717) is 5.02 Å². The van der Waals surface area contributed by atoms with E-state index in [2.05, 4.69) is 4.52 Å². The monoisotopic (exact) mass is 226 g/mol. The Bertz CT molecular complexity index is 279. The van der Waals surface area contributed by atoms with Crippen LogP contribution in [-0.2, 0) is 0 Å². The molecule has 0 aliphatic rings. The molecule has 0 aliphatic heterocycles. The summed E-state index contributed by atoms with van der Waals surface area (Å²) in [5, 5.41) is 0.714. The maximum atomic E-state index is 8.51. The van der Waals surface area contributed by atoms with Crippen molar-refractivity contribution in [1.29, 1.82) is 0 Å². The molecule has 66 valence electrons. The molecule has 0 unspecified atom stereocenters. The van der Waals surface area contributed by atoms with Crippen LogP contribution in [0.25, 0.3) is 0 Å². The van der Waals surface area contributed by atoms with E-state index in [0.717, 1.165) is 0 Å². The third-order valence-corrected chi connectivity index (χ3v) is 1.96. The van der Waals surface area contributed by atoms with Crippen LogP contribution in [0.3, 0.4) is 0 Å². The van der Waals surface area contributed by atoms with Crippen LogP contribution in [0.15, 0.2) is 18.2 Å². The van der Waals surface area contributed by atoms with Crippen LogP contribution in [0.5, 0.6) is 5.75 Å². The molecule has 0 radical (unpaired) electrons. The van der Waals surface area contributed by atoms with Crippen LogP contribution in [-0.4, -0.2) is 9.79 Å². The third kappa shape index (κ3) is 2.77. The van der Waals surface area contributed by atoms with Crippen molar-refractivity contribution in [2.24, 2.45) is 0 Å². The van der Waals surface area contributed by atoms with Gasteiger partial charge < -0.3 is 14.3 Å². The fraction of sp³-hybridized carbons (Fsp3) is 0. The molecule has 1 aromatic carbocycles. The Morgan fingerprint density at radius 3 is 2.42 bits per heavy atom. The fourth-order valence-corrected chi connectivity index (χ4v) is 1.47. The van der Waals surface area contributed by atoms with E-state index < -0.39 is 8.60 Å². The van der Waals surface area contributed by atoms with Gasteiger partial charge in [-0.05, 0) is 18.2 Å². The van der Waals surface area contributed by atoms with Crippen LogP contribution in [0.4, 0.5) is 0 Å². The van der Waals surface area contributed by atoms with E-state index in [9.17, 15) is 0 Å². The van der Waals surface area contributed by atoms with Gasteiger partial charge >= 0.3 is 8.60 Å². The molecule has 3 nitrogen and oxygen atoms in total. The second-order valence-electron chi connectivity index (χ2n) is 1.92. The van der Waals surface area contributed by atoms with Gasteiger partial charge in [-0.25, -0.2) is 0 Å². The molecule has 0 aromatic heterocycles. The molecule has 0 bridgehead atoms. The Labute approximate surface area is 80.5 Å². The van der Waals surface area contributed by atoms with Crippen LogP contribution >= 0.6 is 31.8 Å². The average molecular weight is 227 g/mol. The smallest absolute Gasteiger partial charge is 0.391 e. The van der Waals surface area contributed by atoms with Gasteiger partial charge in [0, 0.05) is 5.02 Å². The molecular formula is C6H5Cl2O3P. The third-order valence-electron chi connectivity index (χ3n) is 1.07. The highest BCUT2D eigenvalue weighted by atomic mass is 35.5. The van der Waals surface area contributed by atoms with E-state index in [-0.39, 0.29) is 10.8 Å². The Balaban J connectivity index is 2.86. The lowest BCUT2D eigenvalue weighted by atomic mass is 10.3. The van der Waals surface area contributed by atoms with Gasteiger partial charge in [0.05, 0.1) is 5.02 Å². The number of halogens is 2. The first-order chi connectivity index (χ1) is 5.59. The highest BCUT2D eigenvalue weighted by Gasteiger charge is 2.06. The summed E-state index contributed by atoms with van der Waals surface area (Å²) in [5.41, 5.74) is 0. The van der Waals surface area contributed by atoms with Gasteiger partial charge in [-0.2, -0.15) is 0 Å². The van der Waals surface area contributed by atoms with Crippen molar-refractivity contribution in [1.82, 2.24) is 0 Å². The molecule has 1 aromatic rings. The molecule has 6 heteroatoms. The Morgan fingerprint density at radius 2 is 1.92 bits per heavy atom. The van der Waals surface area contributed by atoms with Gasteiger partial charge in [0.25, 0.3) is 0 Å². The van der Waals surface area contributed by atoms with Crippen molar-refractivity contribution in [3.63, 3.8) is 0 Å². The lowest BCUT2D eigenvalue weighted by Crippen LogP contribution is -1.85.